The molecule has 7 heteroatoms. The van der Waals surface area contributed by atoms with Crippen LogP contribution in [0.3, 0.4) is 0 Å². The molecule has 0 amide bonds. The van der Waals surface area contributed by atoms with E-state index in [4.69, 9.17) is 9.26 Å². The van der Waals surface area contributed by atoms with E-state index in [9.17, 15) is 5.11 Å². The molecule has 0 aliphatic rings. The average Bonchev–Trinajstić information content (AvgIpc) is 3.16. The maximum atomic E-state index is 10.2. The standard InChI is InChI=1S/C15H16N4O3/c1-19-9-11(8-16-19)14(20)15-17-13(18-22-15)7-10-3-5-12(21-2)6-4-10/h3-6,8-9,14,20H,7H2,1-2H3. The van der Waals surface area contributed by atoms with E-state index < -0.39 is 6.10 Å². The van der Waals surface area contributed by atoms with Gasteiger partial charge in [0.25, 0.3) is 5.89 Å². The summed E-state index contributed by atoms with van der Waals surface area (Å²) in [6.45, 7) is 0. The Kier molecular flexibility index (Phi) is 3.88. The topological polar surface area (TPSA) is 86.2 Å². The average molecular weight is 300 g/mol. The number of ether oxygens (including phenoxy) is 1. The summed E-state index contributed by atoms with van der Waals surface area (Å²) in [7, 11) is 3.40. The van der Waals surface area contributed by atoms with Crippen LogP contribution in [0.1, 0.15) is 28.9 Å². The van der Waals surface area contributed by atoms with Gasteiger partial charge in [0.05, 0.1) is 13.3 Å². The minimum atomic E-state index is -0.967. The van der Waals surface area contributed by atoms with Crippen LogP contribution in [-0.4, -0.2) is 32.1 Å². The first kappa shape index (κ1) is 14.3. The summed E-state index contributed by atoms with van der Waals surface area (Å²) in [6.07, 6.45) is 2.83. The lowest BCUT2D eigenvalue weighted by Crippen LogP contribution is -1.99. The zero-order chi connectivity index (χ0) is 15.5. The van der Waals surface area contributed by atoms with Crippen LogP contribution < -0.4 is 4.74 Å². The van der Waals surface area contributed by atoms with Crippen LogP contribution in [0, 0.1) is 0 Å². The van der Waals surface area contributed by atoms with Crippen LogP contribution in [0.5, 0.6) is 5.75 Å². The van der Waals surface area contributed by atoms with Gasteiger partial charge in [-0.1, -0.05) is 17.3 Å². The molecule has 3 aromatic rings. The Hall–Kier alpha value is -2.67. The Morgan fingerprint density at radius 1 is 1.32 bits per heavy atom. The van der Waals surface area contributed by atoms with E-state index in [0.717, 1.165) is 11.3 Å². The molecule has 114 valence electrons. The van der Waals surface area contributed by atoms with E-state index >= 15 is 0 Å². The van der Waals surface area contributed by atoms with Crippen molar-refractivity contribution < 1.29 is 14.4 Å². The maximum absolute atomic E-state index is 10.2. The lowest BCUT2D eigenvalue weighted by atomic mass is 10.1. The van der Waals surface area contributed by atoms with Gasteiger partial charge >= 0.3 is 0 Å². The molecule has 3 rings (SSSR count). The second-order valence-corrected chi connectivity index (χ2v) is 4.92. The van der Waals surface area contributed by atoms with Crippen molar-refractivity contribution in [2.75, 3.05) is 7.11 Å². The van der Waals surface area contributed by atoms with Crippen molar-refractivity contribution in [2.24, 2.45) is 7.05 Å². The summed E-state index contributed by atoms with van der Waals surface area (Å²) in [5.41, 5.74) is 1.64. The lowest BCUT2D eigenvalue weighted by molar-refractivity contribution is 0.170. The van der Waals surface area contributed by atoms with Gasteiger partial charge in [-0.15, -0.1) is 0 Å². The number of benzene rings is 1. The van der Waals surface area contributed by atoms with Gasteiger partial charge in [-0.25, -0.2) is 0 Å². The van der Waals surface area contributed by atoms with E-state index in [-0.39, 0.29) is 5.89 Å². The second kappa shape index (κ2) is 5.98. The number of hydrogen-bond donors (Lipinski definition) is 1. The predicted octanol–water partition coefficient (Wildman–Crippen LogP) is 1.48. The molecule has 0 fully saturated rings. The van der Waals surface area contributed by atoms with Crippen molar-refractivity contribution in [2.45, 2.75) is 12.5 Å². The highest BCUT2D eigenvalue weighted by atomic mass is 16.5. The zero-order valence-electron chi connectivity index (χ0n) is 12.3. The SMILES string of the molecule is COc1ccc(Cc2noc(C(O)c3cnn(C)c3)n2)cc1. The third kappa shape index (κ3) is 2.99. The van der Waals surface area contributed by atoms with Crippen molar-refractivity contribution in [3.05, 3.63) is 59.5 Å². The van der Waals surface area contributed by atoms with Crippen molar-refractivity contribution >= 4 is 0 Å². The fourth-order valence-electron chi connectivity index (χ4n) is 2.10. The van der Waals surface area contributed by atoms with E-state index in [1.54, 1.807) is 31.2 Å². The normalized spacial score (nSPS) is 12.3. The Morgan fingerprint density at radius 3 is 2.73 bits per heavy atom. The molecule has 0 spiro atoms. The van der Waals surface area contributed by atoms with Gasteiger partial charge < -0.3 is 14.4 Å². The molecule has 0 bridgehead atoms. The zero-order valence-corrected chi connectivity index (χ0v) is 12.3. The van der Waals surface area contributed by atoms with Gasteiger partial charge in [0.2, 0.25) is 0 Å². The van der Waals surface area contributed by atoms with Gasteiger partial charge in [0.1, 0.15) is 5.75 Å². The quantitative estimate of drug-likeness (QED) is 0.768. The molecule has 1 aromatic carbocycles. The Balaban J connectivity index is 1.72. The molecule has 1 atom stereocenters. The molecule has 0 aliphatic carbocycles. The molecule has 2 aromatic heterocycles. The predicted molar refractivity (Wildman–Crippen MR) is 77.4 cm³/mol. The van der Waals surface area contributed by atoms with E-state index in [1.807, 2.05) is 24.3 Å². The molecule has 22 heavy (non-hydrogen) atoms. The highest BCUT2D eigenvalue weighted by molar-refractivity contribution is 5.28. The second-order valence-electron chi connectivity index (χ2n) is 4.92. The van der Waals surface area contributed by atoms with Crippen LogP contribution in [0.2, 0.25) is 0 Å². The molecule has 1 N–H and O–H groups in total. The summed E-state index contributed by atoms with van der Waals surface area (Å²) < 4.78 is 11.9. The summed E-state index contributed by atoms with van der Waals surface area (Å²) in [6, 6.07) is 7.63. The van der Waals surface area contributed by atoms with Crippen LogP contribution in [0.4, 0.5) is 0 Å². The van der Waals surface area contributed by atoms with Crippen LogP contribution in [0.15, 0.2) is 41.2 Å². The first-order chi connectivity index (χ1) is 10.7. The molecule has 7 nitrogen and oxygen atoms in total. The first-order valence-electron chi connectivity index (χ1n) is 6.77. The van der Waals surface area contributed by atoms with Crippen LogP contribution in [-0.2, 0) is 13.5 Å². The molecular weight excluding hydrogens is 284 g/mol. The molecule has 0 radical (unpaired) electrons. The largest absolute Gasteiger partial charge is 0.497 e. The van der Waals surface area contributed by atoms with Crippen molar-refractivity contribution in [1.82, 2.24) is 19.9 Å². The smallest absolute Gasteiger partial charge is 0.260 e. The molecule has 0 saturated heterocycles. The fraction of sp³-hybridized carbons (Fsp3) is 0.267. The number of aryl methyl sites for hydroxylation is 1. The Labute approximate surface area is 127 Å². The number of rotatable bonds is 5. The highest BCUT2D eigenvalue weighted by Crippen LogP contribution is 2.20. The lowest BCUT2D eigenvalue weighted by Gasteiger charge is -2.01. The third-order valence-corrected chi connectivity index (χ3v) is 3.28. The number of aliphatic hydroxyl groups excluding tert-OH is 1. The summed E-state index contributed by atoms with van der Waals surface area (Å²) in [4.78, 5) is 4.24. The minimum Gasteiger partial charge on any atom is -0.497 e. The number of nitrogens with zero attached hydrogens (tertiary/aromatic N) is 4. The molecule has 2 heterocycles. The van der Waals surface area contributed by atoms with Crippen molar-refractivity contribution in [3.63, 3.8) is 0 Å². The van der Waals surface area contributed by atoms with E-state index in [1.165, 1.54) is 0 Å². The van der Waals surface area contributed by atoms with Gasteiger partial charge in [-0.3, -0.25) is 4.68 Å². The Bertz CT molecular complexity index is 748. The summed E-state index contributed by atoms with van der Waals surface area (Å²) in [5, 5.41) is 18.1. The molecule has 0 aliphatic heterocycles. The molecular formula is C15H16N4O3. The molecule has 0 saturated carbocycles. The maximum Gasteiger partial charge on any atom is 0.260 e. The Morgan fingerprint density at radius 2 is 2.09 bits per heavy atom. The summed E-state index contributed by atoms with van der Waals surface area (Å²) in [5.74, 6) is 1.48. The van der Waals surface area contributed by atoms with Gasteiger partial charge in [-0.2, -0.15) is 10.1 Å². The number of methoxy groups -OCH3 is 1. The van der Waals surface area contributed by atoms with Crippen LogP contribution >= 0.6 is 0 Å². The van der Waals surface area contributed by atoms with Gasteiger partial charge in [0.15, 0.2) is 11.9 Å². The van der Waals surface area contributed by atoms with Crippen LogP contribution in [0.25, 0.3) is 0 Å². The number of aliphatic hydroxyl groups is 1. The highest BCUT2D eigenvalue weighted by Gasteiger charge is 2.19. The van der Waals surface area contributed by atoms with E-state index in [2.05, 4.69) is 15.2 Å². The molecule has 1 unspecified atom stereocenters. The van der Waals surface area contributed by atoms with Crippen molar-refractivity contribution in [1.29, 1.82) is 0 Å². The first-order valence-corrected chi connectivity index (χ1v) is 6.77. The number of aromatic nitrogens is 4. The van der Waals surface area contributed by atoms with Crippen molar-refractivity contribution in [3.8, 4) is 5.75 Å². The number of hydrogen-bond acceptors (Lipinski definition) is 6. The summed E-state index contributed by atoms with van der Waals surface area (Å²) >= 11 is 0. The monoisotopic (exact) mass is 300 g/mol. The van der Waals surface area contributed by atoms with E-state index in [0.29, 0.717) is 17.8 Å². The van der Waals surface area contributed by atoms with Gasteiger partial charge in [0, 0.05) is 25.2 Å². The fourth-order valence-corrected chi connectivity index (χ4v) is 2.10. The van der Waals surface area contributed by atoms with Gasteiger partial charge in [-0.05, 0) is 17.7 Å². The third-order valence-electron chi connectivity index (χ3n) is 3.28. The minimum absolute atomic E-state index is 0.163.